The molecule has 1 fully saturated rings. The minimum atomic E-state index is -1.20. The Morgan fingerprint density at radius 3 is 2.32 bits per heavy atom. The number of benzene rings is 1. The average Bonchev–Trinajstić information content (AvgIpc) is 3.26. The van der Waals surface area contributed by atoms with E-state index in [1.807, 2.05) is 27.7 Å². The molecule has 2 heterocycles. The molecule has 1 aliphatic rings. The maximum atomic E-state index is 14.5. The second kappa shape index (κ2) is 15.6. The summed E-state index contributed by atoms with van der Waals surface area (Å²) in [5.74, 6) is 1.02. The van der Waals surface area contributed by atoms with Crippen LogP contribution >= 0.6 is 9.24 Å². The number of ketones is 1. The normalized spacial score (nSPS) is 17.8. The van der Waals surface area contributed by atoms with E-state index in [1.165, 1.54) is 26.0 Å². The van der Waals surface area contributed by atoms with Crippen LogP contribution in [-0.2, 0) is 4.79 Å². The third-order valence-corrected chi connectivity index (χ3v) is 5.20. The van der Waals surface area contributed by atoms with E-state index in [1.54, 1.807) is 18.3 Å². The van der Waals surface area contributed by atoms with Gasteiger partial charge >= 0.3 is 0 Å². The van der Waals surface area contributed by atoms with E-state index in [0.717, 1.165) is 0 Å². The molecule has 0 radical (unpaired) electrons. The lowest BCUT2D eigenvalue weighted by molar-refractivity contribution is -0.115. The number of halogens is 2. The highest BCUT2D eigenvalue weighted by molar-refractivity contribution is 7.18. The number of fused-ring (bicyclic) bond motifs is 1. The molecule has 1 unspecified atom stereocenters. The van der Waals surface area contributed by atoms with Crippen LogP contribution < -0.4 is 9.47 Å². The number of hydrogen-bond acceptors (Lipinski definition) is 6. The summed E-state index contributed by atoms with van der Waals surface area (Å²) >= 11 is 0. The zero-order valence-electron chi connectivity index (χ0n) is 23.2. The van der Waals surface area contributed by atoms with Crippen LogP contribution in [0.2, 0.25) is 0 Å². The molecular formula is C28H41F2N2O4P. The lowest BCUT2D eigenvalue weighted by atomic mass is 9.83. The van der Waals surface area contributed by atoms with Crippen LogP contribution in [0, 0.1) is 17.7 Å². The van der Waals surface area contributed by atoms with Crippen molar-refractivity contribution in [3.05, 3.63) is 36.3 Å². The van der Waals surface area contributed by atoms with Crippen LogP contribution in [0.4, 0.5) is 8.78 Å². The molecule has 0 N–H and O–H groups in total. The topological polar surface area (TPSA) is 74.5 Å². The number of hydrogen-bond donors (Lipinski definition) is 0. The van der Waals surface area contributed by atoms with E-state index < -0.39 is 11.2 Å². The average molecular weight is 539 g/mol. The first-order valence-electron chi connectivity index (χ1n) is 12.8. The van der Waals surface area contributed by atoms with Gasteiger partial charge in [-0.25, -0.2) is 18.7 Å². The van der Waals surface area contributed by atoms with E-state index in [4.69, 9.17) is 13.9 Å². The number of Topliss-reactive ketones (excluding diaryl/α,β-unsaturated/α-hetero) is 1. The predicted octanol–water partition coefficient (Wildman–Crippen LogP) is 8.04. The smallest absolute Gasteiger partial charge is 0.227 e. The Labute approximate surface area is 221 Å². The summed E-state index contributed by atoms with van der Waals surface area (Å²) in [5.41, 5.74) is 1.58. The van der Waals surface area contributed by atoms with Crippen molar-refractivity contribution in [3.63, 3.8) is 0 Å². The Balaban J connectivity index is 0.000000767. The molecule has 1 saturated carbocycles. The number of nitrogens with zero attached hydrogens (tertiary/aromatic N) is 2. The number of ether oxygens (including phenoxy) is 2. The van der Waals surface area contributed by atoms with Gasteiger partial charge in [-0.15, -0.1) is 0 Å². The Hall–Kier alpha value is -2.60. The summed E-state index contributed by atoms with van der Waals surface area (Å²) in [6, 6.07) is 6.22. The number of alkyl halides is 1. The van der Waals surface area contributed by atoms with Crippen molar-refractivity contribution in [2.45, 2.75) is 73.6 Å². The van der Waals surface area contributed by atoms with Crippen molar-refractivity contribution < 1.29 is 27.5 Å². The highest BCUT2D eigenvalue weighted by Crippen LogP contribution is 2.46. The quantitative estimate of drug-likeness (QED) is 0.283. The van der Waals surface area contributed by atoms with Crippen LogP contribution in [0.1, 0.15) is 68.2 Å². The van der Waals surface area contributed by atoms with Crippen molar-refractivity contribution in [1.29, 1.82) is 0 Å². The van der Waals surface area contributed by atoms with Gasteiger partial charge in [-0.2, -0.15) is 0 Å². The molecule has 0 aliphatic heterocycles. The molecule has 37 heavy (non-hydrogen) atoms. The number of aromatic nitrogens is 2. The van der Waals surface area contributed by atoms with Gasteiger partial charge in [0.15, 0.2) is 17.1 Å². The van der Waals surface area contributed by atoms with E-state index in [2.05, 4.69) is 33.1 Å². The van der Waals surface area contributed by atoms with Crippen LogP contribution in [0.5, 0.6) is 11.6 Å². The van der Waals surface area contributed by atoms with Crippen LogP contribution in [-0.4, -0.2) is 34.4 Å². The minimum absolute atomic E-state index is 0.105. The van der Waals surface area contributed by atoms with E-state index in [0.29, 0.717) is 54.5 Å². The maximum absolute atomic E-state index is 14.5. The van der Waals surface area contributed by atoms with Crippen molar-refractivity contribution in [2.75, 3.05) is 13.2 Å². The van der Waals surface area contributed by atoms with E-state index in [9.17, 15) is 13.6 Å². The first-order chi connectivity index (χ1) is 17.5. The first-order valence-corrected chi connectivity index (χ1v) is 13.4. The standard InChI is InChI=1S/C21H23F2N2O3P.C3H6O.2C2H6/c1-12(2)10-27-19-6-18-16(9-24-19)25-20(28-18)14-3-4-17(15(22)5-14)26-11-13-7-21(23,29)8-13;1-3(2)4;2*1-2/h3-6,9,12-13H,7-8,10-11,29H2,1-2H3;1-2H3;2*1-2H3. The monoisotopic (exact) mass is 538 g/mol. The summed E-state index contributed by atoms with van der Waals surface area (Å²) in [5, 5.41) is -1.20. The third-order valence-electron chi connectivity index (χ3n) is 4.72. The summed E-state index contributed by atoms with van der Waals surface area (Å²) in [6.45, 7) is 16.0. The van der Waals surface area contributed by atoms with Gasteiger partial charge in [0.1, 0.15) is 16.7 Å². The zero-order chi connectivity index (χ0) is 28.2. The number of pyridine rings is 1. The summed E-state index contributed by atoms with van der Waals surface area (Å²) in [4.78, 5) is 18.0. The fourth-order valence-corrected chi connectivity index (χ4v) is 3.91. The van der Waals surface area contributed by atoms with Crippen molar-refractivity contribution in [1.82, 2.24) is 9.97 Å². The fourth-order valence-electron chi connectivity index (χ4n) is 3.24. The Bertz CT molecular complexity index is 1110. The number of carbonyl (C=O) groups excluding carboxylic acids is 1. The molecule has 1 atom stereocenters. The molecule has 206 valence electrons. The minimum Gasteiger partial charge on any atom is -0.490 e. The maximum Gasteiger partial charge on any atom is 0.227 e. The second-order valence-electron chi connectivity index (χ2n) is 8.89. The Kier molecular flexibility index (Phi) is 13.7. The van der Waals surface area contributed by atoms with Crippen LogP contribution in [0.25, 0.3) is 22.6 Å². The van der Waals surface area contributed by atoms with Gasteiger partial charge in [0.05, 0.1) is 19.4 Å². The molecule has 0 saturated heterocycles. The van der Waals surface area contributed by atoms with Gasteiger partial charge in [-0.05, 0) is 56.7 Å². The van der Waals surface area contributed by atoms with E-state index in [-0.39, 0.29) is 23.3 Å². The summed E-state index contributed by atoms with van der Waals surface area (Å²) < 4.78 is 44.8. The van der Waals surface area contributed by atoms with Crippen molar-refractivity contribution in [2.24, 2.45) is 11.8 Å². The van der Waals surface area contributed by atoms with Crippen LogP contribution in [0.3, 0.4) is 0 Å². The Morgan fingerprint density at radius 2 is 1.78 bits per heavy atom. The molecular weight excluding hydrogens is 497 g/mol. The molecule has 9 heteroatoms. The second-order valence-corrected chi connectivity index (χ2v) is 9.92. The number of carbonyl (C=O) groups is 1. The molecule has 3 aromatic rings. The molecule has 2 aromatic heterocycles. The lowest BCUT2D eigenvalue weighted by Crippen LogP contribution is -2.37. The van der Waals surface area contributed by atoms with Gasteiger partial charge < -0.3 is 18.7 Å². The molecule has 4 rings (SSSR count). The summed E-state index contributed by atoms with van der Waals surface area (Å²) in [6.07, 6.45) is 2.40. The first kappa shape index (κ1) is 32.4. The molecule has 1 aliphatic carbocycles. The molecule has 6 nitrogen and oxygen atoms in total. The van der Waals surface area contributed by atoms with Gasteiger partial charge in [0.25, 0.3) is 0 Å². The molecule has 0 amide bonds. The SMILES string of the molecule is CC.CC.CC(C)=O.CC(C)COc1cc2oc(-c3ccc(OCC4CC(F)(P)C4)c(F)c3)nc2cn1. The fraction of sp³-hybridized carbons (Fsp3) is 0.536. The number of oxazole rings is 1. The largest absolute Gasteiger partial charge is 0.490 e. The third kappa shape index (κ3) is 10.7. The summed E-state index contributed by atoms with van der Waals surface area (Å²) in [7, 11) is 2.20. The molecule has 1 aromatic carbocycles. The van der Waals surface area contributed by atoms with Crippen molar-refractivity contribution >= 4 is 26.1 Å². The van der Waals surface area contributed by atoms with Crippen molar-refractivity contribution in [3.8, 4) is 23.1 Å². The van der Waals surface area contributed by atoms with Gasteiger partial charge in [-0.3, -0.25) is 0 Å². The van der Waals surface area contributed by atoms with Gasteiger partial charge in [-0.1, -0.05) is 50.8 Å². The molecule has 0 bridgehead atoms. The van der Waals surface area contributed by atoms with Gasteiger partial charge in [0.2, 0.25) is 11.8 Å². The highest BCUT2D eigenvalue weighted by Gasteiger charge is 2.41. The Morgan fingerprint density at radius 1 is 1.16 bits per heavy atom. The zero-order valence-corrected chi connectivity index (χ0v) is 24.4. The number of rotatable bonds is 7. The van der Waals surface area contributed by atoms with E-state index >= 15 is 0 Å². The highest BCUT2D eigenvalue weighted by atomic mass is 31.0. The predicted molar refractivity (Wildman–Crippen MR) is 148 cm³/mol. The van der Waals surface area contributed by atoms with Gasteiger partial charge in [0, 0.05) is 11.6 Å². The van der Waals surface area contributed by atoms with Crippen LogP contribution in [0.15, 0.2) is 34.9 Å². The lowest BCUT2D eigenvalue weighted by Gasteiger charge is -2.38. The molecule has 0 spiro atoms.